The molecule has 1 amide bonds. The third kappa shape index (κ3) is 4.68. The van der Waals surface area contributed by atoms with Gasteiger partial charge >= 0.3 is 0 Å². The van der Waals surface area contributed by atoms with E-state index in [1.807, 2.05) is 31.2 Å². The number of amides is 1. The van der Waals surface area contributed by atoms with E-state index in [-0.39, 0.29) is 11.7 Å². The van der Waals surface area contributed by atoms with Crippen LogP contribution in [0.4, 0.5) is 0 Å². The molecule has 0 radical (unpaired) electrons. The molecular weight excluding hydrogens is 380 g/mol. The number of aromatic nitrogens is 2. The lowest BCUT2D eigenvalue weighted by atomic mass is 10.1. The molecule has 0 saturated carbocycles. The average Bonchev–Trinajstić information content (AvgIpc) is 3.23. The number of hydrogen-bond acceptors (Lipinski definition) is 6. The van der Waals surface area contributed by atoms with Gasteiger partial charge in [-0.25, -0.2) is 0 Å². The van der Waals surface area contributed by atoms with Crippen molar-refractivity contribution in [1.29, 1.82) is 0 Å². The predicted molar refractivity (Wildman–Crippen MR) is 113 cm³/mol. The number of carbonyl (C=O) groups excluding carboxylic acids is 1. The summed E-state index contributed by atoms with van der Waals surface area (Å²) in [6.07, 6.45) is 1.65. The summed E-state index contributed by atoms with van der Waals surface area (Å²) in [6.45, 7) is 5.92. The van der Waals surface area contributed by atoms with Crippen molar-refractivity contribution in [1.82, 2.24) is 19.9 Å². The fourth-order valence-corrected chi connectivity index (χ4v) is 3.63. The Kier molecular flexibility index (Phi) is 6.09. The number of phenols is 1. The van der Waals surface area contributed by atoms with Gasteiger partial charge in [0, 0.05) is 38.2 Å². The van der Waals surface area contributed by atoms with Crippen LogP contribution in [0.3, 0.4) is 0 Å². The Bertz CT molecular complexity index is 992. The van der Waals surface area contributed by atoms with Crippen LogP contribution in [0.15, 0.2) is 53.1 Å². The Hall–Kier alpha value is -3.19. The first-order chi connectivity index (χ1) is 14.6. The van der Waals surface area contributed by atoms with Crippen LogP contribution in [0, 0.1) is 6.92 Å². The lowest BCUT2D eigenvalue weighted by molar-refractivity contribution is 0.0632. The molecule has 0 unspecified atom stereocenters. The number of para-hydroxylation sites is 1. The van der Waals surface area contributed by atoms with Gasteiger partial charge in [0.1, 0.15) is 5.75 Å². The largest absolute Gasteiger partial charge is 0.507 e. The summed E-state index contributed by atoms with van der Waals surface area (Å²) < 4.78 is 5.39. The van der Waals surface area contributed by atoms with Gasteiger partial charge in [0.2, 0.25) is 11.7 Å². The molecule has 0 atom stereocenters. The van der Waals surface area contributed by atoms with E-state index in [0.29, 0.717) is 30.4 Å². The first-order valence-electron chi connectivity index (χ1n) is 10.3. The molecule has 3 aromatic rings. The van der Waals surface area contributed by atoms with E-state index in [0.717, 1.165) is 38.0 Å². The molecule has 0 aliphatic carbocycles. The van der Waals surface area contributed by atoms with Crippen LogP contribution in [-0.4, -0.2) is 63.7 Å². The Morgan fingerprint density at radius 2 is 1.80 bits per heavy atom. The van der Waals surface area contributed by atoms with E-state index in [9.17, 15) is 9.90 Å². The van der Waals surface area contributed by atoms with E-state index < -0.39 is 0 Å². The number of aryl methyl sites for hydroxylation is 2. The summed E-state index contributed by atoms with van der Waals surface area (Å²) >= 11 is 0. The maximum Gasteiger partial charge on any atom is 0.257 e. The molecule has 0 bridgehead atoms. The second-order valence-corrected chi connectivity index (χ2v) is 7.63. The normalized spacial score (nSPS) is 14.8. The van der Waals surface area contributed by atoms with Crippen molar-refractivity contribution in [2.24, 2.45) is 0 Å². The molecule has 1 aliphatic rings. The number of carbonyl (C=O) groups is 1. The first kappa shape index (κ1) is 20.1. The molecule has 1 aromatic heterocycles. The summed E-state index contributed by atoms with van der Waals surface area (Å²) in [7, 11) is 0. The molecular formula is C23H26N4O3. The number of hydrogen-bond donors (Lipinski definition) is 1. The molecule has 1 fully saturated rings. The number of piperazine rings is 1. The highest BCUT2D eigenvalue weighted by molar-refractivity contribution is 5.96. The van der Waals surface area contributed by atoms with E-state index in [4.69, 9.17) is 4.52 Å². The standard InChI is InChI=1S/C23H26N4O3/c1-17-8-10-18(11-9-17)22-24-21(30-25-22)7-4-12-26-13-15-27(16-14-26)23(29)19-5-2-3-6-20(19)28/h2-3,5-6,8-11,28H,4,7,12-16H2,1H3. The van der Waals surface area contributed by atoms with Crippen molar-refractivity contribution in [3.63, 3.8) is 0 Å². The number of aromatic hydroxyl groups is 1. The topological polar surface area (TPSA) is 82.7 Å². The SMILES string of the molecule is Cc1ccc(-c2noc(CCCN3CCN(C(=O)c4ccccc4O)CC3)n2)cc1. The molecule has 7 nitrogen and oxygen atoms in total. The Balaban J connectivity index is 1.22. The summed E-state index contributed by atoms with van der Waals surface area (Å²) in [5.74, 6) is 1.21. The van der Waals surface area contributed by atoms with Gasteiger partial charge in [-0.05, 0) is 32.0 Å². The first-order valence-corrected chi connectivity index (χ1v) is 10.3. The van der Waals surface area contributed by atoms with E-state index in [1.165, 1.54) is 5.56 Å². The van der Waals surface area contributed by atoms with Gasteiger partial charge < -0.3 is 14.5 Å². The van der Waals surface area contributed by atoms with Crippen LogP contribution in [-0.2, 0) is 6.42 Å². The third-order valence-corrected chi connectivity index (χ3v) is 5.44. The second kappa shape index (κ2) is 9.09. The average molecular weight is 406 g/mol. The quantitative estimate of drug-likeness (QED) is 0.677. The van der Waals surface area contributed by atoms with Crippen LogP contribution in [0.1, 0.15) is 28.2 Å². The van der Waals surface area contributed by atoms with Crippen LogP contribution < -0.4 is 0 Å². The number of phenolic OH excluding ortho intramolecular Hbond substituents is 1. The van der Waals surface area contributed by atoms with Gasteiger partial charge in [-0.1, -0.05) is 47.1 Å². The minimum absolute atomic E-state index is 0.0366. The predicted octanol–water partition coefficient (Wildman–Crippen LogP) is 3.14. The van der Waals surface area contributed by atoms with Gasteiger partial charge in [-0.3, -0.25) is 9.69 Å². The molecule has 2 heterocycles. The summed E-state index contributed by atoms with van der Waals surface area (Å²) in [5.41, 5.74) is 2.53. The van der Waals surface area contributed by atoms with Crippen LogP contribution >= 0.6 is 0 Å². The minimum atomic E-state index is -0.109. The fraction of sp³-hybridized carbons (Fsp3) is 0.348. The van der Waals surface area contributed by atoms with Gasteiger partial charge in [-0.15, -0.1) is 0 Å². The Labute approximate surface area is 175 Å². The molecule has 4 rings (SSSR count). The lowest BCUT2D eigenvalue weighted by Crippen LogP contribution is -2.48. The fourth-order valence-electron chi connectivity index (χ4n) is 3.63. The van der Waals surface area contributed by atoms with Crippen molar-refractivity contribution in [2.45, 2.75) is 19.8 Å². The van der Waals surface area contributed by atoms with Gasteiger partial charge in [0.25, 0.3) is 5.91 Å². The molecule has 7 heteroatoms. The van der Waals surface area contributed by atoms with E-state index >= 15 is 0 Å². The highest BCUT2D eigenvalue weighted by atomic mass is 16.5. The highest BCUT2D eigenvalue weighted by Crippen LogP contribution is 2.19. The zero-order chi connectivity index (χ0) is 20.9. The molecule has 1 saturated heterocycles. The monoisotopic (exact) mass is 406 g/mol. The van der Waals surface area contributed by atoms with Crippen LogP contribution in [0.5, 0.6) is 5.75 Å². The smallest absolute Gasteiger partial charge is 0.257 e. The summed E-state index contributed by atoms with van der Waals surface area (Å²) in [6, 6.07) is 14.8. The zero-order valence-corrected chi connectivity index (χ0v) is 17.1. The number of rotatable bonds is 6. The molecule has 0 spiro atoms. The highest BCUT2D eigenvalue weighted by Gasteiger charge is 2.23. The number of benzene rings is 2. The zero-order valence-electron chi connectivity index (χ0n) is 17.1. The minimum Gasteiger partial charge on any atom is -0.507 e. The van der Waals surface area contributed by atoms with Crippen molar-refractivity contribution in [3.05, 3.63) is 65.5 Å². The molecule has 1 N–H and O–H groups in total. The van der Waals surface area contributed by atoms with Gasteiger partial charge in [-0.2, -0.15) is 4.98 Å². The lowest BCUT2D eigenvalue weighted by Gasteiger charge is -2.34. The van der Waals surface area contributed by atoms with E-state index in [2.05, 4.69) is 15.0 Å². The van der Waals surface area contributed by atoms with Gasteiger partial charge in [0.05, 0.1) is 5.56 Å². The molecule has 2 aromatic carbocycles. The molecule has 1 aliphatic heterocycles. The van der Waals surface area contributed by atoms with Crippen molar-refractivity contribution < 1.29 is 14.4 Å². The molecule has 30 heavy (non-hydrogen) atoms. The Morgan fingerprint density at radius 3 is 2.53 bits per heavy atom. The second-order valence-electron chi connectivity index (χ2n) is 7.63. The third-order valence-electron chi connectivity index (χ3n) is 5.44. The maximum absolute atomic E-state index is 12.6. The summed E-state index contributed by atoms with van der Waals surface area (Å²) in [5, 5.41) is 14.0. The molecule has 156 valence electrons. The Morgan fingerprint density at radius 1 is 1.07 bits per heavy atom. The van der Waals surface area contributed by atoms with Crippen LogP contribution in [0.25, 0.3) is 11.4 Å². The number of nitrogens with zero attached hydrogens (tertiary/aromatic N) is 4. The van der Waals surface area contributed by atoms with E-state index in [1.54, 1.807) is 29.2 Å². The van der Waals surface area contributed by atoms with Crippen molar-refractivity contribution >= 4 is 5.91 Å². The van der Waals surface area contributed by atoms with Crippen molar-refractivity contribution in [2.75, 3.05) is 32.7 Å². The van der Waals surface area contributed by atoms with Crippen LogP contribution in [0.2, 0.25) is 0 Å². The maximum atomic E-state index is 12.6. The van der Waals surface area contributed by atoms with Gasteiger partial charge in [0.15, 0.2) is 0 Å². The van der Waals surface area contributed by atoms with Crippen molar-refractivity contribution in [3.8, 4) is 17.1 Å². The summed E-state index contributed by atoms with van der Waals surface area (Å²) in [4.78, 5) is 21.2.